The Balaban J connectivity index is 4.11. The molecule has 2 atom stereocenters. The number of rotatable bonds is 4. The zero-order chi connectivity index (χ0) is 9.78. The second-order valence-corrected chi connectivity index (χ2v) is 2.25. The third kappa shape index (κ3) is 3.00. The van der Waals surface area contributed by atoms with Gasteiger partial charge in [0.2, 0.25) is 5.79 Å². The van der Waals surface area contributed by atoms with Crippen LogP contribution in [0.1, 0.15) is 6.92 Å². The molecule has 5 nitrogen and oxygen atoms in total. The Labute approximate surface area is 70.2 Å². The smallest absolute Gasteiger partial charge is 0.332 e. The lowest BCUT2D eigenvalue weighted by Gasteiger charge is -2.25. The van der Waals surface area contributed by atoms with Crippen LogP contribution in [0.15, 0.2) is 12.7 Å². The number of esters is 1. The molecule has 12 heavy (non-hydrogen) atoms. The van der Waals surface area contributed by atoms with Crippen LogP contribution < -0.4 is 0 Å². The molecule has 0 aromatic heterocycles. The molecule has 2 N–H and O–H groups in total. The van der Waals surface area contributed by atoms with Crippen LogP contribution in [0.4, 0.5) is 0 Å². The molecule has 0 aliphatic heterocycles. The maximum Gasteiger partial charge on any atom is 0.332 e. The molecule has 0 aliphatic rings. The van der Waals surface area contributed by atoms with Crippen LogP contribution in [-0.2, 0) is 14.3 Å². The molecule has 2 unspecified atom stereocenters. The number of aliphatic hydroxyl groups excluding tert-OH is 1. The zero-order valence-corrected chi connectivity index (χ0v) is 6.98. The number of carbonyl (C=O) groups is 1. The van der Waals surface area contributed by atoms with Crippen molar-refractivity contribution in [1.82, 2.24) is 0 Å². The molecule has 0 aliphatic carbocycles. The van der Waals surface area contributed by atoms with E-state index >= 15 is 0 Å². The minimum atomic E-state index is -1.90. The van der Waals surface area contributed by atoms with Crippen molar-refractivity contribution in [3.63, 3.8) is 0 Å². The highest BCUT2D eigenvalue weighted by atomic mass is 16.7. The van der Waals surface area contributed by atoms with Crippen LogP contribution in [0.2, 0.25) is 0 Å². The summed E-state index contributed by atoms with van der Waals surface area (Å²) in [6.45, 7) is 4.27. The first-order chi connectivity index (χ1) is 5.44. The van der Waals surface area contributed by atoms with Gasteiger partial charge in [-0.25, -0.2) is 4.79 Å². The molecular weight excluding hydrogens is 164 g/mol. The molecule has 0 saturated heterocycles. The molecule has 0 saturated carbocycles. The van der Waals surface area contributed by atoms with Gasteiger partial charge in [-0.1, -0.05) is 6.58 Å². The van der Waals surface area contributed by atoms with Crippen molar-refractivity contribution in [2.75, 3.05) is 7.11 Å². The molecule has 0 amide bonds. The van der Waals surface area contributed by atoms with Crippen LogP contribution in [-0.4, -0.2) is 35.4 Å². The first kappa shape index (κ1) is 11.1. The van der Waals surface area contributed by atoms with Gasteiger partial charge >= 0.3 is 5.97 Å². The van der Waals surface area contributed by atoms with Gasteiger partial charge in [0.15, 0.2) is 0 Å². The van der Waals surface area contributed by atoms with Gasteiger partial charge in [0.05, 0.1) is 0 Å². The van der Waals surface area contributed by atoms with E-state index in [4.69, 9.17) is 10.2 Å². The van der Waals surface area contributed by atoms with E-state index in [1.165, 1.54) is 7.11 Å². The number of aliphatic hydroxyl groups is 2. The topological polar surface area (TPSA) is 76.0 Å². The van der Waals surface area contributed by atoms with Crippen molar-refractivity contribution in [3.8, 4) is 0 Å². The van der Waals surface area contributed by atoms with Crippen LogP contribution in [0.3, 0.4) is 0 Å². The average Bonchev–Trinajstić information content (AvgIpc) is 2.04. The maximum atomic E-state index is 10.5. The number of hydrogen-bond acceptors (Lipinski definition) is 5. The van der Waals surface area contributed by atoms with Crippen molar-refractivity contribution >= 4 is 5.97 Å². The molecule has 5 heteroatoms. The van der Waals surface area contributed by atoms with Crippen molar-refractivity contribution < 1.29 is 24.5 Å². The van der Waals surface area contributed by atoms with Gasteiger partial charge in [-0.15, -0.1) is 0 Å². The summed E-state index contributed by atoms with van der Waals surface area (Å²) in [5, 5.41) is 18.2. The lowest BCUT2D eigenvalue weighted by molar-refractivity contribution is -0.295. The van der Waals surface area contributed by atoms with E-state index in [1.807, 2.05) is 0 Å². The summed E-state index contributed by atoms with van der Waals surface area (Å²) in [4.78, 5) is 10.5. The van der Waals surface area contributed by atoms with Gasteiger partial charge in [0.1, 0.15) is 0 Å². The fraction of sp³-hybridized carbons (Fsp3) is 0.571. The van der Waals surface area contributed by atoms with E-state index in [-0.39, 0.29) is 0 Å². The Morgan fingerprint density at radius 3 is 2.58 bits per heavy atom. The van der Waals surface area contributed by atoms with Gasteiger partial charge in [-0.2, -0.15) is 0 Å². The van der Waals surface area contributed by atoms with Gasteiger partial charge in [0.25, 0.3) is 6.29 Å². The molecule has 0 aromatic carbocycles. The summed E-state index contributed by atoms with van der Waals surface area (Å²) in [6.07, 6.45) is -0.859. The highest BCUT2D eigenvalue weighted by Crippen LogP contribution is 2.11. The van der Waals surface area contributed by atoms with Crippen molar-refractivity contribution in [2.24, 2.45) is 0 Å². The van der Waals surface area contributed by atoms with Crippen molar-refractivity contribution in [2.45, 2.75) is 19.0 Å². The largest absolute Gasteiger partial charge is 0.427 e. The summed E-state index contributed by atoms with van der Waals surface area (Å²) in [7, 11) is 1.17. The van der Waals surface area contributed by atoms with Crippen LogP contribution >= 0.6 is 0 Å². The fourth-order valence-electron chi connectivity index (χ4n) is 0.368. The highest BCUT2D eigenvalue weighted by molar-refractivity contribution is 5.81. The Hall–Kier alpha value is -0.910. The minimum Gasteiger partial charge on any atom is -0.427 e. The fourth-order valence-corrected chi connectivity index (χ4v) is 0.368. The quantitative estimate of drug-likeness (QED) is 0.339. The van der Waals surface area contributed by atoms with E-state index in [0.29, 0.717) is 0 Å². The number of ether oxygens (including phenoxy) is 2. The van der Waals surface area contributed by atoms with E-state index < -0.39 is 18.0 Å². The maximum absolute atomic E-state index is 10.5. The second kappa shape index (κ2) is 4.20. The van der Waals surface area contributed by atoms with Gasteiger partial charge in [-0.3, -0.25) is 0 Å². The highest BCUT2D eigenvalue weighted by Gasteiger charge is 2.32. The Bertz CT molecular complexity index is 175. The third-order valence-corrected chi connectivity index (χ3v) is 1.27. The molecule has 70 valence electrons. The predicted octanol–water partition coefficient (Wildman–Crippen LogP) is -0.611. The van der Waals surface area contributed by atoms with E-state index in [0.717, 1.165) is 13.0 Å². The molecule has 0 bridgehead atoms. The average molecular weight is 176 g/mol. The molecule has 0 heterocycles. The lowest BCUT2D eigenvalue weighted by atomic mass is 10.3. The molecular formula is C7H12O5. The molecule has 0 aromatic rings. The van der Waals surface area contributed by atoms with Crippen molar-refractivity contribution in [1.29, 1.82) is 0 Å². The normalized spacial score (nSPS) is 17.7. The first-order valence-corrected chi connectivity index (χ1v) is 3.22. The Morgan fingerprint density at radius 1 is 1.75 bits per heavy atom. The molecule has 0 rings (SSSR count). The van der Waals surface area contributed by atoms with Crippen LogP contribution in [0.25, 0.3) is 0 Å². The first-order valence-electron chi connectivity index (χ1n) is 3.22. The second-order valence-electron chi connectivity index (χ2n) is 2.25. The minimum absolute atomic E-state index is 0.833. The van der Waals surface area contributed by atoms with E-state index in [1.54, 1.807) is 0 Å². The lowest BCUT2D eigenvalue weighted by Crippen LogP contribution is -2.43. The monoisotopic (exact) mass is 176 g/mol. The van der Waals surface area contributed by atoms with Crippen LogP contribution in [0.5, 0.6) is 0 Å². The summed E-state index contributed by atoms with van der Waals surface area (Å²) in [6, 6.07) is 0. The van der Waals surface area contributed by atoms with E-state index in [9.17, 15) is 4.79 Å². The van der Waals surface area contributed by atoms with Crippen molar-refractivity contribution in [3.05, 3.63) is 12.7 Å². The van der Waals surface area contributed by atoms with E-state index in [2.05, 4.69) is 16.1 Å². The predicted molar refractivity (Wildman–Crippen MR) is 39.9 cm³/mol. The molecule has 0 fully saturated rings. The zero-order valence-electron chi connectivity index (χ0n) is 6.98. The number of methoxy groups -OCH3 is 1. The molecule has 0 radical (unpaired) electrons. The van der Waals surface area contributed by atoms with Gasteiger partial charge in [-0.05, 0) is 6.92 Å². The summed E-state index contributed by atoms with van der Waals surface area (Å²) >= 11 is 0. The summed E-state index contributed by atoms with van der Waals surface area (Å²) in [5.41, 5.74) is 0. The SMILES string of the molecule is C=CC(=O)OC(O)C(C)(O)OC. The molecule has 0 spiro atoms. The standard InChI is InChI=1S/C7H12O5/c1-4-5(8)12-6(9)7(2,10)11-3/h4,6,9-10H,1H2,2-3H3. The number of carbonyl (C=O) groups excluding carboxylic acids is 1. The Kier molecular flexibility index (Phi) is 3.88. The summed E-state index contributed by atoms with van der Waals surface area (Å²) < 4.78 is 8.72. The van der Waals surface area contributed by atoms with Gasteiger partial charge in [0, 0.05) is 13.2 Å². The van der Waals surface area contributed by atoms with Crippen LogP contribution in [0, 0.1) is 0 Å². The number of hydrogen-bond donors (Lipinski definition) is 2. The van der Waals surface area contributed by atoms with Gasteiger partial charge < -0.3 is 19.7 Å². The summed E-state index contributed by atoms with van der Waals surface area (Å²) in [5.74, 6) is -2.74. The Morgan fingerprint density at radius 2 is 2.25 bits per heavy atom. The third-order valence-electron chi connectivity index (χ3n) is 1.27.